The van der Waals surface area contributed by atoms with Gasteiger partial charge in [-0.1, -0.05) is 17.7 Å². The zero-order valence-electron chi connectivity index (χ0n) is 15.7. The molecule has 0 aliphatic rings. The van der Waals surface area contributed by atoms with Gasteiger partial charge >= 0.3 is 11.9 Å². The van der Waals surface area contributed by atoms with Gasteiger partial charge < -0.3 is 14.2 Å². The molecule has 0 fully saturated rings. The Morgan fingerprint density at radius 3 is 1.77 bits per heavy atom. The largest absolute Gasteiger partial charge is 0.459 e. The van der Waals surface area contributed by atoms with E-state index in [9.17, 15) is 9.59 Å². The van der Waals surface area contributed by atoms with Crippen LogP contribution in [0.2, 0.25) is 0 Å². The van der Waals surface area contributed by atoms with E-state index in [-0.39, 0.29) is 23.3 Å². The zero-order valence-corrected chi connectivity index (χ0v) is 15.7. The molecule has 0 aromatic heterocycles. The minimum atomic E-state index is -0.593. The number of carbonyl (C=O) groups excluding carboxylic acids is 2. The van der Waals surface area contributed by atoms with Crippen LogP contribution in [0.4, 0.5) is 0 Å². The van der Waals surface area contributed by atoms with Crippen LogP contribution in [0.5, 0.6) is 11.5 Å². The van der Waals surface area contributed by atoms with E-state index in [1.807, 2.05) is 31.2 Å². The summed E-state index contributed by atoms with van der Waals surface area (Å²) in [6, 6.07) is 12.2. The van der Waals surface area contributed by atoms with Crippen LogP contribution in [0.25, 0.3) is 0 Å². The molecule has 0 spiro atoms. The molecular weight excluding hydrogens is 332 g/mol. The van der Waals surface area contributed by atoms with Crippen LogP contribution in [0.15, 0.2) is 42.5 Å². The lowest BCUT2D eigenvalue weighted by Crippen LogP contribution is -2.18. The van der Waals surface area contributed by atoms with Crippen molar-refractivity contribution in [1.29, 1.82) is 0 Å². The lowest BCUT2D eigenvalue weighted by Gasteiger charge is -2.14. The van der Waals surface area contributed by atoms with E-state index in [4.69, 9.17) is 14.2 Å². The summed E-state index contributed by atoms with van der Waals surface area (Å²) in [5.74, 6) is -0.0930. The van der Waals surface area contributed by atoms with Gasteiger partial charge in [0, 0.05) is 0 Å². The molecule has 2 rings (SSSR count). The Labute approximate surface area is 153 Å². The molecule has 0 radical (unpaired) electrons. The van der Waals surface area contributed by atoms with Crippen LogP contribution in [-0.2, 0) is 9.47 Å². The van der Waals surface area contributed by atoms with Crippen molar-refractivity contribution in [3.05, 3.63) is 59.2 Å². The first-order valence-corrected chi connectivity index (χ1v) is 8.56. The average Bonchev–Trinajstić information content (AvgIpc) is 2.55. The van der Waals surface area contributed by atoms with E-state index >= 15 is 0 Å². The van der Waals surface area contributed by atoms with Crippen LogP contribution in [-0.4, -0.2) is 24.1 Å². The van der Waals surface area contributed by atoms with E-state index in [0.717, 1.165) is 5.56 Å². The molecular formula is C21H24O5. The van der Waals surface area contributed by atoms with E-state index in [1.165, 1.54) is 12.1 Å². The molecule has 0 N–H and O–H groups in total. The van der Waals surface area contributed by atoms with Crippen molar-refractivity contribution < 1.29 is 23.8 Å². The quantitative estimate of drug-likeness (QED) is 0.688. The molecule has 0 atom stereocenters. The third kappa shape index (κ3) is 5.34. The first-order valence-electron chi connectivity index (χ1n) is 8.56. The number of aryl methyl sites for hydroxylation is 1. The van der Waals surface area contributed by atoms with Gasteiger partial charge in [-0.15, -0.1) is 0 Å². The monoisotopic (exact) mass is 356 g/mol. The van der Waals surface area contributed by atoms with Gasteiger partial charge in [-0.3, -0.25) is 0 Å². The first-order chi connectivity index (χ1) is 12.3. The van der Waals surface area contributed by atoms with E-state index < -0.39 is 11.9 Å². The van der Waals surface area contributed by atoms with Crippen LogP contribution >= 0.6 is 0 Å². The maximum Gasteiger partial charge on any atom is 0.339 e. The molecule has 0 saturated carbocycles. The minimum Gasteiger partial charge on any atom is -0.459 e. The molecule has 0 aliphatic heterocycles. The number of esters is 2. The van der Waals surface area contributed by atoms with Crippen molar-refractivity contribution in [3.8, 4) is 11.5 Å². The van der Waals surface area contributed by atoms with Crippen molar-refractivity contribution in [2.45, 2.75) is 46.8 Å². The second-order valence-corrected chi connectivity index (χ2v) is 6.53. The molecule has 0 heterocycles. The Kier molecular flexibility index (Phi) is 6.39. The van der Waals surface area contributed by atoms with Crippen molar-refractivity contribution in [2.24, 2.45) is 0 Å². The van der Waals surface area contributed by atoms with Gasteiger partial charge in [0.15, 0.2) is 0 Å². The van der Waals surface area contributed by atoms with Gasteiger partial charge in [0.05, 0.1) is 23.3 Å². The standard InChI is InChI=1S/C21H24O5/c1-13(2)24-20(22)18-11-10-17(12-19(18)21(23)25-14(3)4)26-16-8-6-15(5)7-9-16/h6-14H,1-5H3. The van der Waals surface area contributed by atoms with E-state index in [0.29, 0.717) is 11.5 Å². The fraction of sp³-hybridized carbons (Fsp3) is 0.333. The van der Waals surface area contributed by atoms with Crippen LogP contribution in [0.3, 0.4) is 0 Å². The number of hydrogen-bond acceptors (Lipinski definition) is 5. The molecule has 0 bridgehead atoms. The molecule has 0 saturated heterocycles. The summed E-state index contributed by atoms with van der Waals surface area (Å²) in [6.07, 6.45) is -0.599. The summed E-state index contributed by atoms with van der Waals surface area (Å²) in [4.78, 5) is 24.7. The van der Waals surface area contributed by atoms with Gasteiger partial charge in [-0.2, -0.15) is 0 Å². The van der Waals surface area contributed by atoms with Crippen LogP contribution in [0, 0.1) is 6.92 Å². The van der Waals surface area contributed by atoms with Gasteiger partial charge in [-0.25, -0.2) is 9.59 Å². The second kappa shape index (κ2) is 8.52. The summed E-state index contributed by atoms with van der Waals surface area (Å²) in [5, 5.41) is 0. The molecule has 2 aromatic rings. The van der Waals surface area contributed by atoms with Crippen LogP contribution < -0.4 is 4.74 Å². The highest BCUT2D eigenvalue weighted by Gasteiger charge is 2.22. The van der Waals surface area contributed by atoms with Crippen molar-refractivity contribution in [1.82, 2.24) is 0 Å². The van der Waals surface area contributed by atoms with Gasteiger partial charge in [-0.05, 0) is 65.0 Å². The Hall–Kier alpha value is -2.82. The summed E-state index contributed by atoms with van der Waals surface area (Å²) in [6.45, 7) is 8.98. The molecule has 0 unspecified atom stereocenters. The molecule has 138 valence electrons. The highest BCUT2D eigenvalue weighted by molar-refractivity contribution is 6.03. The Morgan fingerprint density at radius 2 is 1.23 bits per heavy atom. The maximum atomic E-state index is 12.4. The third-order valence-electron chi connectivity index (χ3n) is 3.37. The Bertz CT molecular complexity index is 775. The third-order valence-corrected chi connectivity index (χ3v) is 3.37. The Balaban J connectivity index is 2.35. The first kappa shape index (κ1) is 19.5. The van der Waals surface area contributed by atoms with Crippen molar-refractivity contribution >= 4 is 11.9 Å². The zero-order chi connectivity index (χ0) is 19.3. The molecule has 5 heteroatoms. The Morgan fingerprint density at radius 1 is 0.731 bits per heavy atom. The van der Waals surface area contributed by atoms with Crippen molar-refractivity contribution in [2.75, 3.05) is 0 Å². The molecule has 26 heavy (non-hydrogen) atoms. The number of ether oxygens (including phenoxy) is 3. The highest BCUT2D eigenvalue weighted by atomic mass is 16.5. The van der Waals surface area contributed by atoms with Gasteiger partial charge in [0.2, 0.25) is 0 Å². The predicted octanol–water partition coefficient (Wildman–Crippen LogP) is 4.92. The number of benzene rings is 2. The van der Waals surface area contributed by atoms with E-state index in [1.54, 1.807) is 33.8 Å². The number of rotatable bonds is 6. The highest BCUT2D eigenvalue weighted by Crippen LogP contribution is 2.26. The summed E-state index contributed by atoms with van der Waals surface area (Å²) in [5.41, 5.74) is 1.39. The second-order valence-electron chi connectivity index (χ2n) is 6.53. The summed E-state index contributed by atoms with van der Waals surface area (Å²) >= 11 is 0. The topological polar surface area (TPSA) is 61.8 Å². The molecule has 2 aromatic carbocycles. The fourth-order valence-electron chi connectivity index (χ4n) is 2.23. The number of hydrogen-bond donors (Lipinski definition) is 0. The number of carbonyl (C=O) groups is 2. The summed E-state index contributed by atoms with van der Waals surface area (Å²) < 4.78 is 16.3. The molecule has 5 nitrogen and oxygen atoms in total. The molecule has 0 amide bonds. The van der Waals surface area contributed by atoms with Crippen LogP contribution in [0.1, 0.15) is 54.0 Å². The lowest BCUT2D eigenvalue weighted by atomic mass is 10.1. The minimum absolute atomic E-state index is 0.119. The fourth-order valence-corrected chi connectivity index (χ4v) is 2.23. The maximum absolute atomic E-state index is 12.4. The average molecular weight is 356 g/mol. The normalized spacial score (nSPS) is 10.7. The van der Waals surface area contributed by atoms with Gasteiger partial charge in [0.25, 0.3) is 0 Å². The predicted molar refractivity (Wildman–Crippen MR) is 98.8 cm³/mol. The van der Waals surface area contributed by atoms with E-state index in [2.05, 4.69) is 0 Å². The summed E-state index contributed by atoms with van der Waals surface area (Å²) in [7, 11) is 0. The van der Waals surface area contributed by atoms with Crippen molar-refractivity contribution in [3.63, 3.8) is 0 Å². The SMILES string of the molecule is Cc1ccc(Oc2ccc(C(=O)OC(C)C)c(C(=O)OC(C)C)c2)cc1. The smallest absolute Gasteiger partial charge is 0.339 e. The lowest BCUT2D eigenvalue weighted by molar-refractivity contribution is 0.0327. The molecule has 0 aliphatic carbocycles. The van der Waals surface area contributed by atoms with Gasteiger partial charge in [0.1, 0.15) is 11.5 Å².